The van der Waals surface area contributed by atoms with Gasteiger partial charge in [-0.1, -0.05) is 0 Å². The highest BCUT2D eigenvalue weighted by Gasteiger charge is 2.41. The van der Waals surface area contributed by atoms with Gasteiger partial charge < -0.3 is 19.3 Å². The Morgan fingerprint density at radius 3 is 2.10 bits per heavy atom. The SMILES string of the molecule is COc1cc(C)c(S(=O)(=O)N2CC(Oc3ccnc(N4CCC5(CCN(c6ccncc6)CC5)CC4)n3)C2)c(C)c1. The van der Waals surface area contributed by atoms with Crippen LogP contribution in [0.1, 0.15) is 36.8 Å². The minimum absolute atomic E-state index is 0.249. The van der Waals surface area contributed by atoms with Gasteiger partial charge in [0.2, 0.25) is 21.9 Å². The number of aryl methyl sites for hydroxylation is 2. The molecule has 11 heteroatoms. The smallest absolute Gasteiger partial charge is 0.243 e. The fourth-order valence-electron chi connectivity index (χ4n) is 6.43. The Morgan fingerprint density at radius 2 is 1.49 bits per heavy atom. The lowest BCUT2D eigenvalue weighted by Gasteiger charge is -2.47. The number of sulfonamides is 1. The number of benzene rings is 1. The highest BCUT2D eigenvalue weighted by molar-refractivity contribution is 7.89. The van der Waals surface area contributed by atoms with E-state index in [-0.39, 0.29) is 19.2 Å². The summed E-state index contributed by atoms with van der Waals surface area (Å²) in [5.41, 5.74) is 2.99. The van der Waals surface area contributed by atoms with E-state index >= 15 is 0 Å². The van der Waals surface area contributed by atoms with E-state index in [2.05, 4.69) is 31.9 Å². The number of ether oxygens (including phenoxy) is 2. The number of anilines is 2. The first-order chi connectivity index (χ1) is 19.8. The van der Waals surface area contributed by atoms with E-state index < -0.39 is 10.0 Å². The van der Waals surface area contributed by atoms with E-state index in [9.17, 15) is 8.42 Å². The minimum atomic E-state index is -3.62. The van der Waals surface area contributed by atoms with Gasteiger partial charge >= 0.3 is 0 Å². The van der Waals surface area contributed by atoms with Crippen LogP contribution in [-0.2, 0) is 10.0 Å². The molecule has 0 unspecified atom stereocenters. The zero-order valence-electron chi connectivity index (χ0n) is 24.0. The van der Waals surface area contributed by atoms with Crippen LogP contribution in [0.5, 0.6) is 11.6 Å². The molecule has 5 heterocycles. The first-order valence-electron chi connectivity index (χ1n) is 14.3. The van der Waals surface area contributed by atoms with Crippen LogP contribution in [0.25, 0.3) is 0 Å². The van der Waals surface area contributed by atoms with Gasteiger partial charge in [-0.05, 0) is 80.3 Å². The Morgan fingerprint density at radius 1 is 0.878 bits per heavy atom. The van der Waals surface area contributed by atoms with Crippen molar-refractivity contribution in [3.63, 3.8) is 0 Å². The van der Waals surface area contributed by atoms with Crippen molar-refractivity contribution in [2.45, 2.75) is 50.5 Å². The van der Waals surface area contributed by atoms with Crippen LogP contribution in [-0.4, -0.2) is 80.2 Å². The maximum Gasteiger partial charge on any atom is 0.243 e. The lowest BCUT2D eigenvalue weighted by atomic mass is 9.71. The van der Waals surface area contributed by atoms with Crippen LogP contribution in [0, 0.1) is 19.3 Å². The highest BCUT2D eigenvalue weighted by Crippen LogP contribution is 2.42. The fraction of sp³-hybridized carbons (Fsp3) is 0.500. The molecule has 1 aromatic carbocycles. The van der Waals surface area contributed by atoms with Crippen LogP contribution < -0.4 is 19.3 Å². The summed E-state index contributed by atoms with van der Waals surface area (Å²) in [7, 11) is -2.04. The molecular formula is C30H38N6O4S. The van der Waals surface area contributed by atoms with Gasteiger partial charge in [0.05, 0.1) is 25.1 Å². The van der Waals surface area contributed by atoms with Gasteiger partial charge in [-0.15, -0.1) is 0 Å². The molecule has 0 radical (unpaired) electrons. The van der Waals surface area contributed by atoms with Gasteiger partial charge in [0.15, 0.2) is 0 Å². The molecule has 0 amide bonds. The third-order valence-corrected chi connectivity index (χ3v) is 11.1. The third kappa shape index (κ3) is 5.57. The molecule has 10 nitrogen and oxygen atoms in total. The Balaban J connectivity index is 1.02. The highest BCUT2D eigenvalue weighted by atomic mass is 32.2. The van der Waals surface area contributed by atoms with Gasteiger partial charge in [0, 0.05) is 56.5 Å². The molecule has 6 rings (SSSR count). The number of aromatic nitrogens is 3. The Kier molecular flexibility index (Phi) is 7.50. The first kappa shape index (κ1) is 27.7. The molecule has 0 saturated carbocycles. The number of methoxy groups -OCH3 is 1. The predicted molar refractivity (Wildman–Crippen MR) is 157 cm³/mol. The van der Waals surface area contributed by atoms with Gasteiger partial charge in [-0.2, -0.15) is 9.29 Å². The molecule has 2 aromatic heterocycles. The average Bonchev–Trinajstić information content (AvgIpc) is 2.95. The molecule has 0 atom stereocenters. The maximum absolute atomic E-state index is 13.3. The van der Waals surface area contributed by atoms with Crippen LogP contribution in [0.2, 0.25) is 0 Å². The summed E-state index contributed by atoms with van der Waals surface area (Å²) in [6.45, 7) is 8.18. The van der Waals surface area contributed by atoms with E-state index in [1.165, 1.54) is 22.8 Å². The summed E-state index contributed by atoms with van der Waals surface area (Å²) in [6, 6.07) is 9.44. The van der Waals surface area contributed by atoms with Crippen molar-refractivity contribution in [1.82, 2.24) is 19.3 Å². The summed E-state index contributed by atoms with van der Waals surface area (Å²) in [6.07, 6.45) is 9.87. The summed E-state index contributed by atoms with van der Waals surface area (Å²) < 4.78 is 39.5. The van der Waals surface area contributed by atoms with Crippen LogP contribution >= 0.6 is 0 Å². The van der Waals surface area contributed by atoms with E-state index in [1.54, 1.807) is 45.4 Å². The standard InChI is InChI=1S/C30H38N6O4S/c1-22-18-25(39-3)19-23(2)28(22)41(37,38)36-20-26(21-36)40-27-6-13-32-29(33-27)35-16-9-30(10-17-35)7-14-34(15-8-30)24-4-11-31-12-5-24/h4-6,11-13,18-19,26H,7-10,14-17,20-21H2,1-3H3. The number of hydrogen-bond donors (Lipinski definition) is 0. The second-order valence-corrected chi connectivity index (χ2v) is 13.4. The van der Waals surface area contributed by atoms with Crippen LogP contribution in [0.4, 0.5) is 11.6 Å². The molecule has 41 heavy (non-hydrogen) atoms. The van der Waals surface area contributed by atoms with Gasteiger partial charge in [-0.3, -0.25) is 4.98 Å². The summed E-state index contributed by atoms with van der Waals surface area (Å²) in [5, 5.41) is 0. The van der Waals surface area contributed by atoms with Gasteiger partial charge in [0.25, 0.3) is 0 Å². The quantitative estimate of drug-likeness (QED) is 0.414. The number of rotatable bonds is 7. The summed E-state index contributed by atoms with van der Waals surface area (Å²) in [5.74, 6) is 1.82. The van der Waals surface area contributed by atoms with Gasteiger partial charge in [-0.25, -0.2) is 13.4 Å². The molecule has 3 aliphatic rings. The van der Waals surface area contributed by atoms with E-state index in [1.807, 2.05) is 12.4 Å². The van der Waals surface area contributed by atoms with Crippen LogP contribution in [0.15, 0.2) is 53.8 Å². The molecular weight excluding hydrogens is 540 g/mol. The van der Waals surface area contributed by atoms with Crippen LogP contribution in [0.3, 0.4) is 0 Å². The molecule has 0 aliphatic carbocycles. The Hall–Kier alpha value is -3.44. The third-order valence-electron chi connectivity index (χ3n) is 8.95. The Labute approximate surface area is 242 Å². The lowest BCUT2D eigenvalue weighted by Crippen LogP contribution is -2.56. The zero-order valence-corrected chi connectivity index (χ0v) is 24.8. The monoisotopic (exact) mass is 578 g/mol. The summed E-state index contributed by atoms with van der Waals surface area (Å²) in [4.78, 5) is 18.4. The minimum Gasteiger partial charge on any atom is -0.497 e. The molecule has 3 aromatic rings. The number of piperidine rings is 2. The number of nitrogens with zero attached hydrogens (tertiary/aromatic N) is 6. The molecule has 3 saturated heterocycles. The number of hydrogen-bond acceptors (Lipinski definition) is 9. The van der Waals surface area contributed by atoms with E-state index in [0.29, 0.717) is 39.0 Å². The van der Waals surface area contributed by atoms with Crippen molar-refractivity contribution >= 4 is 21.7 Å². The van der Waals surface area contributed by atoms with Crippen molar-refractivity contribution in [2.75, 3.05) is 56.2 Å². The first-order valence-corrected chi connectivity index (χ1v) is 15.8. The van der Waals surface area contributed by atoms with Crippen molar-refractivity contribution in [3.05, 3.63) is 60.0 Å². The van der Waals surface area contributed by atoms with E-state index in [4.69, 9.17) is 14.5 Å². The fourth-order valence-corrected chi connectivity index (χ4v) is 8.35. The molecule has 1 spiro atoms. The van der Waals surface area contributed by atoms with Gasteiger partial charge in [0.1, 0.15) is 11.9 Å². The van der Waals surface area contributed by atoms with E-state index in [0.717, 1.165) is 39.0 Å². The van der Waals surface area contributed by atoms with Crippen molar-refractivity contribution in [2.24, 2.45) is 5.41 Å². The van der Waals surface area contributed by atoms with Crippen molar-refractivity contribution in [3.8, 4) is 11.6 Å². The molecule has 0 N–H and O–H groups in total. The topological polar surface area (TPSA) is 101 Å². The Bertz CT molecular complexity index is 1450. The van der Waals surface area contributed by atoms with Crippen molar-refractivity contribution in [1.29, 1.82) is 0 Å². The largest absolute Gasteiger partial charge is 0.497 e. The second kappa shape index (κ2) is 11.1. The molecule has 218 valence electrons. The normalized spacial score (nSPS) is 19.7. The summed E-state index contributed by atoms with van der Waals surface area (Å²) >= 11 is 0. The predicted octanol–water partition coefficient (Wildman–Crippen LogP) is 3.84. The molecule has 0 bridgehead atoms. The van der Waals surface area contributed by atoms with Crippen molar-refractivity contribution < 1.29 is 17.9 Å². The number of pyridine rings is 1. The molecule has 3 fully saturated rings. The second-order valence-electron chi connectivity index (χ2n) is 11.5. The maximum atomic E-state index is 13.3. The molecule has 3 aliphatic heterocycles. The average molecular weight is 579 g/mol. The lowest BCUT2D eigenvalue weighted by molar-refractivity contribution is 0.0719. The zero-order chi connectivity index (χ0) is 28.6.